The minimum Gasteiger partial charge on any atom is -0.423 e. The molecule has 1 aromatic heterocycles. The van der Waals surface area contributed by atoms with E-state index in [1.807, 2.05) is 19.1 Å². The highest BCUT2D eigenvalue weighted by atomic mass is 19.4. The molecule has 0 fully saturated rings. The smallest absolute Gasteiger partial charge is 0.402 e. The monoisotopic (exact) mass is 600 g/mol. The van der Waals surface area contributed by atoms with Crippen molar-refractivity contribution in [1.82, 2.24) is 9.97 Å². The summed E-state index contributed by atoms with van der Waals surface area (Å²) in [6, 6.07) is 11.9. The van der Waals surface area contributed by atoms with Crippen LogP contribution in [0.4, 0.5) is 17.6 Å². The zero-order chi connectivity index (χ0) is 31.1. The number of hydrogen-bond donors (Lipinski definition) is 0. The molecule has 4 nitrogen and oxygen atoms in total. The summed E-state index contributed by atoms with van der Waals surface area (Å²) in [7, 11) is 0. The second-order valence-corrected chi connectivity index (χ2v) is 11.2. The fourth-order valence-corrected chi connectivity index (χ4v) is 5.05. The Hall–Kier alpha value is -3.29. The number of unbranched alkanes of at least 4 members (excludes halogenated alkanes) is 10. The molecular weight excluding hydrogens is 556 g/mol. The Kier molecular flexibility index (Phi) is 14.1. The van der Waals surface area contributed by atoms with Gasteiger partial charge < -0.3 is 4.74 Å². The number of alkyl halides is 3. The maximum absolute atomic E-state index is 14.8. The van der Waals surface area contributed by atoms with Crippen LogP contribution in [0.15, 0.2) is 54.9 Å². The SMILES string of the molecule is CCCCCCCCCCc1ccc(-c2cnc(-c3ccc(OC(=O)C(CCCCCC)C(F)(F)F)c(F)c3)nc2)cc1. The Balaban J connectivity index is 1.55. The number of aryl methyl sites for hydroxylation is 1. The summed E-state index contributed by atoms with van der Waals surface area (Å²) in [5.74, 6) is -5.06. The molecule has 0 amide bonds. The molecule has 0 radical (unpaired) electrons. The Labute approximate surface area is 253 Å². The molecule has 0 saturated heterocycles. The van der Waals surface area contributed by atoms with Crippen molar-refractivity contribution in [2.24, 2.45) is 5.92 Å². The Morgan fingerprint density at radius 3 is 1.88 bits per heavy atom. The fraction of sp³-hybridized carbons (Fsp3) is 0.514. The van der Waals surface area contributed by atoms with Crippen molar-refractivity contribution in [3.8, 4) is 28.3 Å². The molecule has 0 aliphatic rings. The number of esters is 1. The van der Waals surface area contributed by atoms with Gasteiger partial charge in [-0.3, -0.25) is 4.79 Å². The van der Waals surface area contributed by atoms with Crippen LogP contribution in [0.3, 0.4) is 0 Å². The van der Waals surface area contributed by atoms with Gasteiger partial charge in [0.1, 0.15) is 0 Å². The van der Waals surface area contributed by atoms with Crippen molar-refractivity contribution in [3.63, 3.8) is 0 Å². The Morgan fingerprint density at radius 2 is 1.30 bits per heavy atom. The normalized spacial score (nSPS) is 12.3. The Morgan fingerprint density at radius 1 is 0.744 bits per heavy atom. The zero-order valence-electron chi connectivity index (χ0n) is 25.4. The molecule has 1 atom stereocenters. The maximum Gasteiger partial charge on any atom is 0.402 e. The second kappa shape index (κ2) is 17.7. The Bertz CT molecular complexity index is 1240. The summed E-state index contributed by atoms with van der Waals surface area (Å²) < 4.78 is 60.0. The quantitative estimate of drug-likeness (QED) is 0.0631. The van der Waals surface area contributed by atoms with Gasteiger partial charge in [-0.2, -0.15) is 13.2 Å². The van der Waals surface area contributed by atoms with Gasteiger partial charge in [0.05, 0.1) is 0 Å². The highest BCUT2D eigenvalue weighted by Crippen LogP contribution is 2.33. The molecule has 1 unspecified atom stereocenters. The van der Waals surface area contributed by atoms with Gasteiger partial charge in [-0.05, 0) is 48.6 Å². The van der Waals surface area contributed by atoms with Crippen LogP contribution in [0.2, 0.25) is 0 Å². The van der Waals surface area contributed by atoms with E-state index >= 15 is 0 Å². The molecule has 8 heteroatoms. The van der Waals surface area contributed by atoms with Crippen LogP contribution in [-0.4, -0.2) is 22.1 Å². The summed E-state index contributed by atoms with van der Waals surface area (Å²) in [5.41, 5.74) is 3.39. The van der Waals surface area contributed by atoms with Gasteiger partial charge >= 0.3 is 12.1 Å². The van der Waals surface area contributed by atoms with E-state index < -0.39 is 29.6 Å². The van der Waals surface area contributed by atoms with Crippen molar-refractivity contribution >= 4 is 5.97 Å². The summed E-state index contributed by atoms with van der Waals surface area (Å²) >= 11 is 0. The highest BCUT2D eigenvalue weighted by molar-refractivity contribution is 5.76. The second-order valence-electron chi connectivity index (χ2n) is 11.2. The molecule has 2 aromatic carbocycles. The van der Waals surface area contributed by atoms with Crippen molar-refractivity contribution in [3.05, 3.63) is 66.2 Å². The number of carbonyl (C=O) groups is 1. The van der Waals surface area contributed by atoms with E-state index in [1.165, 1.54) is 63.0 Å². The third kappa shape index (κ3) is 11.4. The lowest BCUT2D eigenvalue weighted by atomic mass is 10.0. The van der Waals surface area contributed by atoms with E-state index in [0.717, 1.165) is 42.5 Å². The van der Waals surface area contributed by atoms with Crippen LogP contribution in [0.1, 0.15) is 103 Å². The van der Waals surface area contributed by atoms with Gasteiger partial charge in [-0.25, -0.2) is 14.4 Å². The average molecular weight is 601 g/mol. The van der Waals surface area contributed by atoms with Crippen molar-refractivity contribution in [1.29, 1.82) is 0 Å². The first-order chi connectivity index (χ1) is 20.7. The number of rotatable bonds is 18. The van der Waals surface area contributed by atoms with Crippen molar-refractivity contribution < 1.29 is 27.1 Å². The van der Waals surface area contributed by atoms with Gasteiger partial charge in [0.15, 0.2) is 23.3 Å². The molecule has 0 saturated carbocycles. The minimum absolute atomic E-state index is 0.241. The molecule has 0 aliphatic heterocycles. The number of hydrogen-bond acceptors (Lipinski definition) is 4. The van der Waals surface area contributed by atoms with Gasteiger partial charge in [0.25, 0.3) is 0 Å². The number of carbonyl (C=O) groups excluding carboxylic acids is 1. The van der Waals surface area contributed by atoms with Crippen LogP contribution in [0.5, 0.6) is 5.75 Å². The molecule has 0 spiro atoms. The third-order valence-corrected chi connectivity index (χ3v) is 7.68. The standard InChI is InChI=1S/C35H44F4N2O2/c1-3-5-7-9-10-11-12-13-15-26-17-19-27(20-18-26)29-24-40-33(41-25-29)28-21-22-32(31(36)23-28)43-34(42)30(35(37,38)39)16-14-8-6-4-2/h17-25,30H,3-16H2,1-2H3. The van der Waals surface area contributed by atoms with Gasteiger partial charge in [0, 0.05) is 23.5 Å². The minimum atomic E-state index is -4.76. The molecular formula is C35H44F4N2O2. The highest BCUT2D eigenvalue weighted by Gasteiger charge is 2.45. The van der Waals surface area contributed by atoms with Crippen molar-refractivity contribution in [2.45, 2.75) is 110 Å². The third-order valence-electron chi connectivity index (χ3n) is 7.68. The molecule has 0 aliphatic carbocycles. The lowest BCUT2D eigenvalue weighted by Crippen LogP contribution is -2.34. The van der Waals surface area contributed by atoms with Gasteiger partial charge in [-0.15, -0.1) is 0 Å². The summed E-state index contributed by atoms with van der Waals surface area (Å²) in [6.45, 7) is 4.18. The van der Waals surface area contributed by atoms with E-state index in [9.17, 15) is 22.4 Å². The van der Waals surface area contributed by atoms with Crippen LogP contribution in [-0.2, 0) is 11.2 Å². The predicted molar refractivity (Wildman–Crippen MR) is 163 cm³/mol. The largest absolute Gasteiger partial charge is 0.423 e. The lowest BCUT2D eigenvalue weighted by molar-refractivity contribution is -0.193. The molecule has 0 N–H and O–H groups in total. The maximum atomic E-state index is 14.8. The number of halogens is 4. The molecule has 3 rings (SSSR count). The van der Waals surface area contributed by atoms with E-state index in [2.05, 4.69) is 29.0 Å². The summed E-state index contributed by atoms with van der Waals surface area (Å²) in [6.07, 6.45) is 12.0. The first-order valence-electron chi connectivity index (χ1n) is 15.7. The number of benzene rings is 2. The van der Waals surface area contributed by atoms with Crippen LogP contribution in [0, 0.1) is 11.7 Å². The van der Waals surface area contributed by atoms with E-state index in [0.29, 0.717) is 12.0 Å². The van der Waals surface area contributed by atoms with E-state index in [4.69, 9.17) is 4.74 Å². The van der Waals surface area contributed by atoms with Crippen LogP contribution < -0.4 is 4.74 Å². The fourth-order valence-electron chi connectivity index (χ4n) is 5.05. The van der Waals surface area contributed by atoms with Gasteiger partial charge in [0.2, 0.25) is 0 Å². The van der Waals surface area contributed by atoms with Gasteiger partial charge in [-0.1, -0.05) is 109 Å². The first kappa shape index (κ1) is 34.2. The van der Waals surface area contributed by atoms with Crippen LogP contribution in [0.25, 0.3) is 22.5 Å². The average Bonchev–Trinajstić information content (AvgIpc) is 2.99. The molecule has 0 bridgehead atoms. The molecule has 3 aromatic rings. The summed E-state index contributed by atoms with van der Waals surface area (Å²) in [5, 5.41) is 0. The molecule has 1 heterocycles. The number of aromatic nitrogens is 2. The first-order valence-corrected chi connectivity index (χ1v) is 15.7. The zero-order valence-corrected chi connectivity index (χ0v) is 25.4. The van der Waals surface area contributed by atoms with Crippen molar-refractivity contribution in [2.75, 3.05) is 0 Å². The molecule has 43 heavy (non-hydrogen) atoms. The number of nitrogens with zero attached hydrogens (tertiary/aromatic N) is 2. The lowest BCUT2D eigenvalue weighted by Gasteiger charge is -2.19. The summed E-state index contributed by atoms with van der Waals surface area (Å²) in [4.78, 5) is 21.0. The molecule has 234 valence electrons. The topological polar surface area (TPSA) is 52.1 Å². The number of ether oxygens (including phenoxy) is 1. The van der Waals surface area contributed by atoms with E-state index in [-0.39, 0.29) is 18.7 Å². The predicted octanol–water partition coefficient (Wildman–Crippen LogP) is 10.7. The van der Waals surface area contributed by atoms with Crippen LogP contribution >= 0.6 is 0 Å². The van der Waals surface area contributed by atoms with E-state index in [1.54, 1.807) is 12.4 Å².